The second kappa shape index (κ2) is 5.02. The highest BCUT2D eigenvalue weighted by Crippen LogP contribution is 2.31. The van der Waals surface area contributed by atoms with Gasteiger partial charge in [-0.3, -0.25) is 4.98 Å². The zero-order chi connectivity index (χ0) is 12.4. The third kappa shape index (κ3) is 2.28. The van der Waals surface area contributed by atoms with E-state index in [1.54, 1.807) is 6.20 Å². The second-order valence-corrected chi connectivity index (χ2v) is 4.82. The monoisotopic (exact) mass is 236 g/mol. The maximum atomic E-state index is 9.48. The third-order valence-electron chi connectivity index (χ3n) is 3.65. The number of aliphatic hydroxyl groups excluding tert-OH is 2. The topological polar surface area (TPSA) is 56.6 Å². The van der Waals surface area contributed by atoms with Crippen LogP contribution in [0.5, 0.6) is 0 Å². The summed E-state index contributed by atoms with van der Waals surface area (Å²) in [5, 5.41) is 18.8. The summed E-state index contributed by atoms with van der Waals surface area (Å²) in [4.78, 5) is 6.40. The molecule has 0 spiro atoms. The first-order chi connectivity index (χ1) is 8.17. The Labute approximate surface area is 102 Å². The maximum Gasteiger partial charge on any atom is 0.0717 e. The fraction of sp³-hybridized carbons (Fsp3) is 0.615. The highest BCUT2D eigenvalue weighted by molar-refractivity contribution is 5.55. The van der Waals surface area contributed by atoms with Crippen molar-refractivity contribution in [3.8, 4) is 0 Å². The Kier molecular flexibility index (Phi) is 3.64. The predicted octanol–water partition coefficient (Wildman–Crippen LogP) is 1.09. The molecule has 2 unspecified atom stereocenters. The SMILES string of the molecule is Cc1cc(N2CCC(C)C2CO)c(CO)cn1. The van der Waals surface area contributed by atoms with Gasteiger partial charge < -0.3 is 15.1 Å². The molecular formula is C13H20N2O2. The molecule has 0 saturated carbocycles. The van der Waals surface area contributed by atoms with Crippen LogP contribution >= 0.6 is 0 Å². The number of hydrogen-bond donors (Lipinski definition) is 2. The van der Waals surface area contributed by atoms with Crippen molar-refractivity contribution in [1.82, 2.24) is 4.98 Å². The van der Waals surface area contributed by atoms with Crippen LogP contribution in [0.4, 0.5) is 5.69 Å². The van der Waals surface area contributed by atoms with Gasteiger partial charge in [0.25, 0.3) is 0 Å². The van der Waals surface area contributed by atoms with Crippen molar-refractivity contribution >= 4 is 5.69 Å². The number of hydrogen-bond acceptors (Lipinski definition) is 4. The van der Waals surface area contributed by atoms with E-state index < -0.39 is 0 Å². The van der Waals surface area contributed by atoms with Gasteiger partial charge in [0.05, 0.1) is 19.3 Å². The zero-order valence-corrected chi connectivity index (χ0v) is 10.4. The summed E-state index contributed by atoms with van der Waals surface area (Å²) in [5.41, 5.74) is 2.79. The zero-order valence-electron chi connectivity index (χ0n) is 10.4. The van der Waals surface area contributed by atoms with Crippen LogP contribution in [0.25, 0.3) is 0 Å². The summed E-state index contributed by atoms with van der Waals surface area (Å²) >= 11 is 0. The number of aromatic nitrogens is 1. The van der Waals surface area contributed by atoms with Gasteiger partial charge in [-0.05, 0) is 25.3 Å². The summed E-state index contributed by atoms with van der Waals surface area (Å²) in [6.07, 6.45) is 2.81. The molecule has 1 aliphatic rings. The Morgan fingerprint density at radius 1 is 1.47 bits per heavy atom. The largest absolute Gasteiger partial charge is 0.394 e. The standard InChI is InChI=1S/C13H20N2O2/c1-9-3-4-15(13(9)8-17)12-5-10(2)14-6-11(12)7-16/h5-6,9,13,16-17H,3-4,7-8H2,1-2H3. The average molecular weight is 236 g/mol. The third-order valence-corrected chi connectivity index (χ3v) is 3.65. The maximum absolute atomic E-state index is 9.48. The van der Waals surface area contributed by atoms with Gasteiger partial charge in [-0.25, -0.2) is 0 Å². The van der Waals surface area contributed by atoms with Crippen molar-refractivity contribution in [3.05, 3.63) is 23.5 Å². The van der Waals surface area contributed by atoms with E-state index in [-0.39, 0.29) is 19.3 Å². The van der Waals surface area contributed by atoms with E-state index in [0.29, 0.717) is 5.92 Å². The first-order valence-corrected chi connectivity index (χ1v) is 6.11. The molecule has 0 amide bonds. The van der Waals surface area contributed by atoms with Crippen LogP contribution in [0.15, 0.2) is 12.3 Å². The molecule has 1 aromatic heterocycles. The van der Waals surface area contributed by atoms with Crippen molar-refractivity contribution in [2.24, 2.45) is 5.92 Å². The van der Waals surface area contributed by atoms with Crippen molar-refractivity contribution in [3.63, 3.8) is 0 Å². The Bertz CT molecular complexity index is 395. The van der Waals surface area contributed by atoms with Gasteiger partial charge in [-0.1, -0.05) is 6.92 Å². The van der Waals surface area contributed by atoms with Crippen LogP contribution < -0.4 is 4.90 Å². The molecule has 1 fully saturated rings. The molecule has 0 aliphatic carbocycles. The smallest absolute Gasteiger partial charge is 0.0717 e. The minimum absolute atomic E-state index is 0.00829. The molecule has 4 heteroatoms. The molecule has 2 rings (SSSR count). The second-order valence-electron chi connectivity index (χ2n) is 4.82. The lowest BCUT2D eigenvalue weighted by molar-refractivity contribution is 0.243. The van der Waals surface area contributed by atoms with Crippen molar-refractivity contribution in [1.29, 1.82) is 0 Å². The lowest BCUT2D eigenvalue weighted by atomic mass is 10.0. The molecule has 2 N–H and O–H groups in total. The normalized spacial score (nSPS) is 24.4. The molecule has 1 aromatic rings. The highest BCUT2D eigenvalue weighted by Gasteiger charge is 2.31. The molecule has 2 heterocycles. The number of anilines is 1. The molecule has 0 radical (unpaired) electrons. The van der Waals surface area contributed by atoms with Gasteiger partial charge in [-0.2, -0.15) is 0 Å². The van der Waals surface area contributed by atoms with E-state index in [1.807, 2.05) is 13.0 Å². The van der Waals surface area contributed by atoms with Gasteiger partial charge in [0.2, 0.25) is 0 Å². The first kappa shape index (κ1) is 12.3. The lowest BCUT2D eigenvalue weighted by Crippen LogP contribution is -2.35. The van der Waals surface area contributed by atoms with Crippen molar-refractivity contribution in [2.75, 3.05) is 18.1 Å². The van der Waals surface area contributed by atoms with E-state index in [4.69, 9.17) is 0 Å². The number of aliphatic hydroxyl groups is 2. The number of pyridine rings is 1. The lowest BCUT2D eigenvalue weighted by Gasteiger charge is -2.29. The number of nitrogens with zero attached hydrogens (tertiary/aromatic N) is 2. The van der Waals surface area contributed by atoms with Crippen LogP contribution in [0.1, 0.15) is 24.6 Å². The fourth-order valence-electron chi connectivity index (χ4n) is 2.55. The number of aryl methyl sites for hydroxylation is 1. The van der Waals surface area contributed by atoms with Gasteiger partial charge in [0, 0.05) is 29.7 Å². The number of rotatable bonds is 3. The summed E-state index contributed by atoms with van der Waals surface area (Å²) in [5.74, 6) is 0.486. The Morgan fingerprint density at radius 2 is 2.24 bits per heavy atom. The minimum atomic E-state index is -0.00829. The van der Waals surface area contributed by atoms with Crippen molar-refractivity contribution in [2.45, 2.75) is 32.9 Å². The molecule has 94 valence electrons. The molecule has 1 aliphatic heterocycles. The van der Waals surface area contributed by atoms with Crippen LogP contribution in [0.2, 0.25) is 0 Å². The summed E-state index contributed by atoms with van der Waals surface area (Å²) < 4.78 is 0. The Balaban J connectivity index is 2.35. The Morgan fingerprint density at radius 3 is 2.88 bits per heavy atom. The van der Waals surface area contributed by atoms with E-state index in [9.17, 15) is 10.2 Å². The van der Waals surface area contributed by atoms with Crippen LogP contribution in [-0.2, 0) is 6.61 Å². The molecular weight excluding hydrogens is 216 g/mol. The minimum Gasteiger partial charge on any atom is -0.394 e. The van der Waals surface area contributed by atoms with E-state index in [1.165, 1.54) is 0 Å². The van der Waals surface area contributed by atoms with E-state index in [2.05, 4.69) is 16.8 Å². The summed E-state index contributed by atoms with van der Waals surface area (Å²) in [7, 11) is 0. The molecule has 0 aromatic carbocycles. The van der Waals surface area contributed by atoms with E-state index >= 15 is 0 Å². The van der Waals surface area contributed by atoms with Crippen LogP contribution in [0, 0.1) is 12.8 Å². The van der Waals surface area contributed by atoms with E-state index in [0.717, 1.165) is 29.9 Å². The Hall–Kier alpha value is -1.13. The quantitative estimate of drug-likeness (QED) is 0.825. The van der Waals surface area contributed by atoms with Gasteiger partial charge >= 0.3 is 0 Å². The molecule has 17 heavy (non-hydrogen) atoms. The van der Waals surface area contributed by atoms with Gasteiger partial charge in [0.15, 0.2) is 0 Å². The summed E-state index contributed by atoms with van der Waals surface area (Å²) in [6.45, 7) is 5.19. The molecule has 1 saturated heterocycles. The van der Waals surface area contributed by atoms with Gasteiger partial charge in [0.1, 0.15) is 0 Å². The molecule has 2 atom stereocenters. The van der Waals surface area contributed by atoms with Crippen molar-refractivity contribution < 1.29 is 10.2 Å². The molecule has 0 bridgehead atoms. The first-order valence-electron chi connectivity index (χ1n) is 6.11. The fourth-order valence-corrected chi connectivity index (χ4v) is 2.55. The molecule has 4 nitrogen and oxygen atoms in total. The highest BCUT2D eigenvalue weighted by atomic mass is 16.3. The van der Waals surface area contributed by atoms with Crippen LogP contribution in [-0.4, -0.2) is 34.4 Å². The average Bonchev–Trinajstić information content (AvgIpc) is 2.70. The van der Waals surface area contributed by atoms with Crippen LogP contribution in [0.3, 0.4) is 0 Å². The summed E-state index contributed by atoms with van der Waals surface area (Å²) in [6, 6.07) is 2.15. The van der Waals surface area contributed by atoms with Gasteiger partial charge in [-0.15, -0.1) is 0 Å². The predicted molar refractivity (Wildman–Crippen MR) is 66.9 cm³/mol.